The van der Waals surface area contributed by atoms with Gasteiger partial charge in [0.2, 0.25) is 5.91 Å². The van der Waals surface area contributed by atoms with Crippen LogP contribution in [0.3, 0.4) is 0 Å². The van der Waals surface area contributed by atoms with Crippen LogP contribution in [0.15, 0.2) is 47.6 Å². The van der Waals surface area contributed by atoms with Gasteiger partial charge in [-0.3, -0.25) is 9.59 Å². The second kappa shape index (κ2) is 8.42. The SMILES string of the molecule is CC(C)(C)C(=O)Nc1cccc(C(=O)N/N=C/c2ccc(C(F)(F)F)cc2F)c1. The summed E-state index contributed by atoms with van der Waals surface area (Å²) in [6.45, 7) is 5.23. The van der Waals surface area contributed by atoms with Gasteiger partial charge >= 0.3 is 6.18 Å². The minimum absolute atomic E-state index is 0.182. The van der Waals surface area contributed by atoms with Crippen LogP contribution in [-0.4, -0.2) is 18.0 Å². The molecule has 2 rings (SSSR count). The lowest BCUT2D eigenvalue weighted by Gasteiger charge is -2.17. The van der Waals surface area contributed by atoms with E-state index in [1.807, 2.05) is 0 Å². The lowest BCUT2D eigenvalue weighted by atomic mass is 9.95. The van der Waals surface area contributed by atoms with Crippen LogP contribution in [0.25, 0.3) is 0 Å². The molecule has 2 aromatic rings. The molecule has 0 spiro atoms. The zero-order chi connectivity index (χ0) is 21.8. The molecule has 154 valence electrons. The number of hydrogen-bond acceptors (Lipinski definition) is 3. The Bertz CT molecular complexity index is 947. The molecule has 0 saturated heterocycles. The highest BCUT2D eigenvalue weighted by Crippen LogP contribution is 2.29. The van der Waals surface area contributed by atoms with Crippen LogP contribution in [0.1, 0.15) is 42.3 Å². The van der Waals surface area contributed by atoms with Crippen LogP contribution in [0.5, 0.6) is 0 Å². The lowest BCUT2D eigenvalue weighted by Crippen LogP contribution is -2.27. The molecule has 2 aromatic carbocycles. The van der Waals surface area contributed by atoms with Crippen LogP contribution in [0.4, 0.5) is 23.2 Å². The summed E-state index contributed by atoms with van der Waals surface area (Å²) in [7, 11) is 0. The fourth-order valence-electron chi connectivity index (χ4n) is 2.09. The number of carbonyl (C=O) groups is 2. The lowest BCUT2D eigenvalue weighted by molar-refractivity contribution is -0.137. The Hall–Kier alpha value is -3.23. The smallest absolute Gasteiger partial charge is 0.326 e. The normalized spacial score (nSPS) is 12.1. The highest BCUT2D eigenvalue weighted by atomic mass is 19.4. The number of hydrazone groups is 1. The van der Waals surface area contributed by atoms with E-state index in [1.54, 1.807) is 32.9 Å². The minimum atomic E-state index is -4.65. The predicted molar refractivity (Wildman–Crippen MR) is 101 cm³/mol. The van der Waals surface area contributed by atoms with Crippen molar-refractivity contribution in [2.75, 3.05) is 5.32 Å². The maximum Gasteiger partial charge on any atom is 0.416 e. The van der Waals surface area contributed by atoms with Crippen molar-refractivity contribution < 1.29 is 27.2 Å². The second-order valence-corrected chi connectivity index (χ2v) is 7.22. The van der Waals surface area contributed by atoms with Crippen molar-refractivity contribution in [2.45, 2.75) is 26.9 Å². The molecule has 0 aromatic heterocycles. The Morgan fingerprint density at radius 2 is 1.72 bits per heavy atom. The zero-order valence-corrected chi connectivity index (χ0v) is 15.9. The van der Waals surface area contributed by atoms with Crippen LogP contribution >= 0.6 is 0 Å². The summed E-state index contributed by atoms with van der Waals surface area (Å²) >= 11 is 0. The molecule has 0 unspecified atom stereocenters. The Balaban J connectivity index is 2.06. The number of alkyl halides is 3. The maximum absolute atomic E-state index is 13.8. The molecule has 0 fully saturated rings. The minimum Gasteiger partial charge on any atom is -0.326 e. The molecule has 0 aliphatic carbocycles. The predicted octanol–water partition coefficient (Wildman–Crippen LogP) is 4.59. The van der Waals surface area contributed by atoms with Crippen LogP contribution < -0.4 is 10.7 Å². The first kappa shape index (κ1) is 22.1. The molecule has 0 saturated carbocycles. The fraction of sp³-hybridized carbons (Fsp3) is 0.250. The average Bonchev–Trinajstić information content (AvgIpc) is 2.61. The van der Waals surface area contributed by atoms with Crippen molar-refractivity contribution in [1.29, 1.82) is 0 Å². The van der Waals surface area contributed by atoms with Gasteiger partial charge in [0, 0.05) is 22.2 Å². The van der Waals surface area contributed by atoms with Crippen LogP contribution in [-0.2, 0) is 11.0 Å². The summed E-state index contributed by atoms with van der Waals surface area (Å²) in [6, 6.07) is 8.08. The summed E-state index contributed by atoms with van der Waals surface area (Å²) in [4.78, 5) is 24.2. The van der Waals surface area contributed by atoms with Crippen molar-refractivity contribution >= 4 is 23.7 Å². The fourth-order valence-corrected chi connectivity index (χ4v) is 2.09. The van der Waals surface area contributed by atoms with Gasteiger partial charge < -0.3 is 5.32 Å². The summed E-state index contributed by atoms with van der Waals surface area (Å²) in [5.74, 6) is -1.99. The number of halogens is 4. The molecule has 0 bridgehead atoms. The second-order valence-electron chi connectivity index (χ2n) is 7.22. The summed E-state index contributed by atoms with van der Waals surface area (Å²) < 4.78 is 51.4. The average molecular weight is 409 g/mol. The van der Waals surface area contributed by atoms with E-state index in [2.05, 4.69) is 15.8 Å². The molecule has 9 heteroatoms. The van der Waals surface area contributed by atoms with Gasteiger partial charge in [-0.15, -0.1) is 0 Å². The van der Waals surface area contributed by atoms with Crippen molar-refractivity contribution in [3.05, 3.63) is 65.0 Å². The van der Waals surface area contributed by atoms with Gasteiger partial charge in [0.1, 0.15) is 5.82 Å². The number of anilines is 1. The maximum atomic E-state index is 13.8. The highest BCUT2D eigenvalue weighted by Gasteiger charge is 2.31. The molecule has 0 aliphatic rings. The first-order valence-corrected chi connectivity index (χ1v) is 8.49. The van der Waals surface area contributed by atoms with Gasteiger partial charge in [0.25, 0.3) is 5.91 Å². The molecule has 5 nitrogen and oxygen atoms in total. The Morgan fingerprint density at radius 3 is 2.31 bits per heavy atom. The van der Waals surface area contributed by atoms with Crippen molar-refractivity contribution in [3.63, 3.8) is 0 Å². The van der Waals surface area contributed by atoms with E-state index in [-0.39, 0.29) is 17.0 Å². The molecular weight excluding hydrogens is 390 g/mol. The Kier molecular flexibility index (Phi) is 6.41. The van der Waals surface area contributed by atoms with Crippen LogP contribution in [0.2, 0.25) is 0 Å². The quantitative estimate of drug-likeness (QED) is 0.440. The number of hydrogen-bond donors (Lipinski definition) is 2. The van der Waals surface area contributed by atoms with Crippen molar-refractivity contribution in [2.24, 2.45) is 10.5 Å². The van der Waals surface area contributed by atoms with Crippen LogP contribution in [0, 0.1) is 11.2 Å². The molecule has 29 heavy (non-hydrogen) atoms. The summed E-state index contributed by atoms with van der Waals surface area (Å²) in [5, 5.41) is 6.25. The molecule has 0 radical (unpaired) electrons. The summed E-state index contributed by atoms with van der Waals surface area (Å²) in [6.07, 6.45) is -3.75. The van der Waals surface area contributed by atoms with E-state index in [0.717, 1.165) is 12.3 Å². The first-order valence-electron chi connectivity index (χ1n) is 8.49. The molecule has 0 atom stereocenters. The molecular formula is C20H19F4N3O2. The van der Waals surface area contributed by atoms with Crippen molar-refractivity contribution in [3.8, 4) is 0 Å². The number of nitrogens with one attached hydrogen (secondary N) is 2. The van der Waals surface area contributed by atoms with E-state index in [0.29, 0.717) is 17.8 Å². The molecule has 0 aliphatic heterocycles. The summed E-state index contributed by atoms with van der Waals surface area (Å²) in [5.41, 5.74) is 0.799. The van der Waals surface area contributed by atoms with Crippen molar-refractivity contribution in [1.82, 2.24) is 5.43 Å². The third kappa shape index (κ3) is 6.13. The van der Waals surface area contributed by atoms with Gasteiger partial charge in [0.15, 0.2) is 0 Å². The Labute approximate surface area is 164 Å². The number of rotatable bonds is 4. The molecule has 0 heterocycles. The van der Waals surface area contributed by atoms with Gasteiger partial charge in [0.05, 0.1) is 11.8 Å². The zero-order valence-electron chi connectivity index (χ0n) is 15.9. The third-order valence-corrected chi connectivity index (χ3v) is 3.76. The van der Waals surface area contributed by atoms with Gasteiger partial charge in [-0.25, -0.2) is 9.82 Å². The standard InChI is InChI=1S/C20H19F4N3O2/c1-19(2,3)18(29)26-15-6-4-5-12(9-15)17(28)27-25-11-13-7-8-14(10-16(13)21)20(22,23)24/h4-11H,1-3H3,(H,26,29)(H,27,28)/b25-11+. The van der Waals surface area contributed by atoms with Gasteiger partial charge in [-0.1, -0.05) is 26.8 Å². The monoisotopic (exact) mass is 409 g/mol. The molecule has 2 amide bonds. The Morgan fingerprint density at radius 1 is 1.03 bits per heavy atom. The largest absolute Gasteiger partial charge is 0.416 e. The molecule has 2 N–H and O–H groups in total. The number of nitrogens with zero attached hydrogens (tertiary/aromatic N) is 1. The van der Waals surface area contributed by atoms with E-state index in [4.69, 9.17) is 0 Å². The van der Waals surface area contributed by atoms with Gasteiger partial charge in [-0.2, -0.15) is 18.3 Å². The van der Waals surface area contributed by atoms with E-state index in [1.165, 1.54) is 12.1 Å². The van der Waals surface area contributed by atoms with Gasteiger partial charge in [-0.05, 0) is 36.4 Å². The third-order valence-electron chi connectivity index (χ3n) is 3.76. The first-order chi connectivity index (χ1) is 13.4. The number of carbonyl (C=O) groups excluding carboxylic acids is 2. The topological polar surface area (TPSA) is 70.6 Å². The van der Waals surface area contributed by atoms with E-state index < -0.39 is 28.9 Å². The number of amides is 2. The highest BCUT2D eigenvalue weighted by molar-refractivity contribution is 5.98. The number of benzene rings is 2. The van der Waals surface area contributed by atoms with E-state index >= 15 is 0 Å². The van der Waals surface area contributed by atoms with E-state index in [9.17, 15) is 27.2 Å².